The second-order valence-electron chi connectivity index (χ2n) is 8.84. The summed E-state index contributed by atoms with van der Waals surface area (Å²) in [5, 5.41) is 5.19. The molecule has 4 rings (SSSR count). The number of hydrogen-bond acceptors (Lipinski definition) is 4. The lowest BCUT2D eigenvalue weighted by Crippen LogP contribution is -2.47. The fraction of sp³-hybridized carbons (Fsp3) is 0.214. The molecule has 0 radical (unpaired) electrons. The third-order valence-electron chi connectivity index (χ3n) is 6.22. The summed E-state index contributed by atoms with van der Waals surface area (Å²) >= 11 is 0. The van der Waals surface area contributed by atoms with E-state index in [1.54, 1.807) is 66.7 Å². The first-order chi connectivity index (χ1) is 18.1. The average molecular weight is 523 g/mol. The van der Waals surface area contributed by atoms with E-state index in [1.165, 1.54) is 12.1 Å². The van der Waals surface area contributed by atoms with Gasteiger partial charge in [0.1, 0.15) is 0 Å². The first kappa shape index (κ1) is 26.6. The molecule has 38 heavy (non-hydrogen) atoms. The molecule has 10 heteroatoms. The molecule has 3 amide bonds. The number of hydrogen-bond donors (Lipinski definition) is 3. The van der Waals surface area contributed by atoms with Gasteiger partial charge in [-0.2, -0.15) is 13.2 Å². The molecule has 196 valence electrons. The fourth-order valence-corrected chi connectivity index (χ4v) is 4.45. The van der Waals surface area contributed by atoms with Crippen molar-refractivity contribution in [2.24, 2.45) is 16.6 Å². The molecule has 7 nitrogen and oxygen atoms in total. The van der Waals surface area contributed by atoms with Crippen LogP contribution in [-0.4, -0.2) is 35.8 Å². The van der Waals surface area contributed by atoms with Crippen LogP contribution in [0.4, 0.5) is 18.9 Å². The zero-order chi connectivity index (χ0) is 27.3. The molecule has 0 bridgehead atoms. The van der Waals surface area contributed by atoms with Crippen LogP contribution >= 0.6 is 0 Å². The number of fused-ring (bicyclic) bond motifs is 1. The number of carbonyl (C=O) groups excluding carboxylic acids is 3. The van der Waals surface area contributed by atoms with Crippen molar-refractivity contribution < 1.29 is 27.6 Å². The van der Waals surface area contributed by atoms with E-state index in [-0.39, 0.29) is 0 Å². The Morgan fingerprint density at radius 3 is 2.18 bits per heavy atom. The summed E-state index contributed by atoms with van der Waals surface area (Å²) in [6, 6.07) is 23.8. The van der Waals surface area contributed by atoms with Gasteiger partial charge in [0.25, 0.3) is 5.91 Å². The summed E-state index contributed by atoms with van der Waals surface area (Å²) in [5.41, 5.74) is 8.03. The molecule has 0 saturated heterocycles. The smallest absolute Gasteiger partial charge is 0.369 e. The number of para-hydroxylation sites is 1. The number of nitrogens with two attached hydrogens (primary N) is 1. The topological polar surface area (TPSA) is 114 Å². The predicted molar refractivity (Wildman–Crippen MR) is 136 cm³/mol. The number of primary amides is 1. The van der Waals surface area contributed by atoms with Gasteiger partial charge in [0.15, 0.2) is 0 Å². The van der Waals surface area contributed by atoms with Gasteiger partial charge in [-0.3, -0.25) is 14.4 Å². The standard InChI is InChI=1S/C28H25F3N4O3/c29-28(30,31)16-15-20(22(24(32)36)17-9-3-1-4-10-17)26(37)35-25-27(38)33-21-14-8-7-13-19(21)23(34-25)18-11-5-2-6-12-18/h1-14,20,22,25H,15-16H2,(H2,32,36)(H,33,38)(H,35,37)/t20?,22?,25-/m1/s1. The average Bonchev–Trinajstić information content (AvgIpc) is 3.02. The number of anilines is 1. The number of benzodiazepines with no additional fused rings is 1. The first-order valence-corrected chi connectivity index (χ1v) is 11.9. The van der Waals surface area contributed by atoms with Crippen molar-refractivity contribution in [1.29, 1.82) is 0 Å². The Labute approximate surface area is 217 Å². The van der Waals surface area contributed by atoms with E-state index >= 15 is 0 Å². The Morgan fingerprint density at radius 2 is 1.55 bits per heavy atom. The lowest BCUT2D eigenvalue weighted by atomic mass is 9.81. The molecule has 0 aliphatic carbocycles. The normalized spacial score (nSPS) is 16.8. The van der Waals surface area contributed by atoms with Crippen molar-refractivity contribution in [2.75, 3.05) is 5.32 Å². The summed E-state index contributed by atoms with van der Waals surface area (Å²) in [6.45, 7) is 0. The number of benzene rings is 3. The number of nitrogens with one attached hydrogen (secondary N) is 2. The van der Waals surface area contributed by atoms with Gasteiger partial charge in [0.05, 0.1) is 23.2 Å². The first-order valence-electron chi connectivity index (χ1n) is 11.9. The van der Waals surface area contributed by atoms with Crippen LogP contribution in [0.2, 0.25) is 0 Å². The predicted octanol–water partition coefficient (Wildman–Crippen LogP) is 4.15. The van der Waals surface area contributed by atoms with E-state index in [4.69, 9.17) is 5.73 Å². The van der Waals surface area contributed by atoms with Gasteiger partial charge in [0, 0.05) is 17.5 Å². The number of rotatable bonds is 8. The highest BCUT2D eigenvalue weighted by Gasteiger charge is 2.39. The van der Waals surface area contributed by atoms with Gasteiger partial charge in [-0.25, -0.2) is 4.99 Å². The van der Waals surface area contributed by atoms with Gasteiger partial charge < -0.3 is 16.4 Å². The van der Waals surface area contributed by atoms with E-state index in [9.17, 15) is 27.6 Å². The molecule has 2 unspecified atom stereocenters. The highest BCUT2D eigenvalue weighted by molar-refractivity contribution is 6.19. The van der Waals surface area contributed by atoms with Gasteiger partial charge in [-0.15, -0.1) is 0 Å². The molecule has 1 heterocycles. The van der Waals surface area contributed by atoms with E-state index in [2.05, 4.69) is 15.6 Å². The largest absolute Gasteiger partial charge is 0.389 e. The molecule has 3 aromatic carbocycles. The fourth-order valence-electron chi connectivity index (χ4n) is 4.45. The Balaban J connectivity index is 1.71. The lowest BCUT2D eigenvalue weighted by Gasteiger charge is -2.26. The van der Waals surface area contributed by atoms with Crippen LogP contribution in [0.15, 0.2) is 89.9 Å². The number of amides is 3. The summed E-state index contributed by atoms with van der Waals surface area (Å²) in [4.78, 5) is 43.5. The number of alkyl halides is 3. The van der Waals surface area contributed by atoms with Crippen LogP contribution in [0.1, 0.15) is 35.4 Å². The molecule has 0 saturated carbocycles. The highest BCUT2D eigenvalue weighted by Crippen LogP contribution is 2.33. The molecular formula is C28H25F3N4O3. The minimum absolute atomic E-state index is 0.300. The van der Waals surface area contributed by atoms with Crippen LogP contribution in [0.25, 0.3) is 0 Å². The van der Waals surface area contributed by atoms with E-state index in [1.807, 2.05) is 6.07 Å². The third-order valence-corrected chi connectivity index (χ3v) is 6.22. The molecule has 0 spiro atoms. The second kappa shape index (κ2) is 11.3. The van der Waals surface area contributed by atoms with Gasteiger partial charge in [-0.1, -0.05) is 78.9 Å². The van der Waals surface area contributed by atoms with Crippen LogP contribution in [-0.2, 0) is 14.4 Å². The van der Waals surface area contributed by atoms with Crippen molar-refractivity contribution in [3.05, 3.63) is 102 Å². The molecule has 4 N–H and O–H groups in total. The molecule has 1 aliphatic rings. The van der Waals surface area contributed by atoms with E-state index in [0.29, 0.717) is 28.1 Å². The van der Waals surface area contributed by atoms with Crippen LogP contribution < -0.4 is 16.4 Å². The monoisotopic (exact) mass is 522 g/mol. The van der Waals surface area contributed by atoms with E-state index < -0.39 is 54.7 Å². The second-order valence-corrected chi connectivity index (χ2v) is 8.84. The molecule has 0 aromatic heterocycles. The number of halogens is 3. The Morgan fingerprint density at radius 1 is 0.947 bits per heavy atom. The van der Waals surface area contributed by atoms with Crippen LogP contribution in [0.5, 0.6) is 0 Å². The maximum atomic E-state index is 13.5. The number of aliphatic imine (C=N–C) groups is 1. The minimum Gasteiger partial charge on any atom is -0.369 e. The van der Waals surface area contributed by atoms with Crippen LogP contribution in [0, 0.1) is 5.92 Å². The Hall–Kier alpha value is -4.47. The van der Waals surface area contributed by atoms with E-state index in [0.717, 1.165) is 0 Å². The summed E-state index contributed by atoms with van der Waals surface area (Å²) in [5.74, 6) is -5.41. The van der Waals surface area contributed by atoms with Gasteiger partial charge >= 0.3 is 6.18 Å². The molecular weight excluding hydrogens is 497 g/mol. The van der Waals surface area contributed by atoms with Crippen molar-refractivity contribution in [3.63, 3.8) is 0 Å². The van der Waals surface area contributed by atoms with Crippen molar-refractivity contribution in [2.45, 2.75) is 31.1 Å². The summed E-state index contributed by atoms with van der Waals surface area (Å²) < 4.78 is 39.5. The number of nitrogens with zero attached hydrogens (tertiary/aromatic N) is 1. The van der Waals surface area contributed by atoms with Crippen LogP contribution in [0.3, 0.4) is 0 Å². The van der Waals surface area contributed by atoms with Crippen molar-refractivity contribution in [3.8, 4) is 0 Å². The lowest BCUT2D eigenvalue weighted by molar-refractivity contribution is -0.144. The van der Waals surface area contributed by atoms with Crippen molar-refractivity contribution in [1.82, 2.24) is 5.32 Å². The summed E-state index contributed by atoms with van der Waals surface area (Å²) in [6.07, 6.45) is -8.07. The zero-order valence-corrected chi connectivity index (χ0v) is 20.1. The summed E-state index contributed by atoms with van der Waals surface area (Å²) in [7, 11) is 0. The molecule has 3 atom stereocenters. The maximum absolute atomic E-state index is 13.5. The maximum Gasteiger partial charge on any atom is 0.389 e. The molecule has 3 aromatic rings. The van der Waals surface area contributed by atoms with Crippen molar-refractivity contribution >= 4 is 29.1 Å². The Bertz CT molecular complexity index is 1340. The molecule has 1 aliphatic heterocycles. The third kappa shape index (κ3) is 6.26. The molecule has 0 fully saturated rings. The quantitative estimate of drug-likeness (QED) is 0.413. The zero-order valence-electron chi connectivity index (χ0n) is 20.1. The SMILES string of the molecule is NC(=O)C(c1ccccc1)C(CCC(F)(F)F)C(=O)N[C@H]1N=C(c2ccccc2)c2ccccc2NC1=O. The van der Waals surface area contributed by atoms with Gasteiger partial charge in [0.2, 0.25) is 18.0 Å². The highest BCUT2D eigenvalue weighted by atomic mass is 19.4. The minimum atomic E-state index is -4.57. The van der Waals surface area contributed by atoms with Gasteiger partial charge in [-0.05, 0) is 18.1 Å². The Kier molecular flexibility index (Phi) is 7.90. The number of carbonyl (C=O) groups is 3.